The average Bonchev–Trinajstić information content (AvgIpc) is 3.46. The fourth-order valence-electron chi connectivity index (χ4n) is 4.16. The van der Waals surface area contributed by atoms with Crippen molar-refractivity contribution in [3.63, 3.8) is 0 Å². The van der Waals surface area contributed by atoms with Crippen molar-refractivity contribution in [2.45, 2.75) is 64.3 Å². The first-order valence-corrected chi connectivity index (χ1v) is 10.5. The minimum Gasteiger partial charge on any atom is -0.348 e. The second-order valence-electron chi connectivity index (χ2n) is 8.40. The van der Waals surface area contributed by atoms with Gasteiger partial charge >= 0.3 is 0 Å². The topological polar surface area (TPSA) is 88.3 Å². The lowest BCUT2D eigenvalue weighted by molar-refractivity contribution is -0.126. The molecule has 154 valence electrons. The van der Waals surface area contributed by atoms with Gasteiger partial charge in [-0.25, -0.2) is 0 Å². The fraction of sp³-hybridized carbons (Fsp3) is 0.545. The van der Waals surface area contributed by atoms with Crippen molar-refractivity contribution in [2.75, 3.05) is 11.4 Å². The number of rotatable bonds is 6. The Hall–Kier alpha value is -2.70. The van der Waals surface area contributed by atoms with Crippen LogP contribution < -0.4 is 10.2 Å². The first-order chi connectivity index (χ1) is 14.0. The van der Waals surface area contributed by atoms with Crippen LogP contribution in [0.2, 0.25) is 0 Å². The van der Waals surface area contributed by atoms with Crippen molar-refractivity contribution < 1.29 is 14.1 Å². The Bertz CT molecular complexity index is 868. The molecule has 7 nitrogen and oxygen atoms in total. The van der Waals surface area contributed by atoms with Crippen LogP contribution in [0.4, 0.5) is 5.69 Å². The molecular weight excluding hydrogens is 368 g/mol. The molecule has 2 aromatic rings. The molecule has 1 aliphatic carbocycles. The number of carbonyl (C=O) groups excluding carboxylic acids is 2. The fourth-order valence-corrected chi connectivity index (χ4v) is 4.16. The van der Waals surface area contributed by atoms with Crippen LogP contribution in [-0.2, 0) is 16.1 Å². The highest BCUT2D eigenvalue weighted by Crippen LogP contribution is 2.33. The van der Waals surface area contributed by atoms with E-state index in [1.54, 1.807) is 4.90 Å². The molecule has 4 rings (SSSR count). The molecule has 29 heavy (non-hydrogen) atoms. The van der Waals surface area contributed by atoms with Crippen molar-refractivity contribution >= 4 is 17.5 Å². The summed E-state index contributed by atoms with van der Waals surface area (Å²) in [6.07, 6.45) is 4.80. The predicted molar refractivity (Wildman–Crippen MR) is 108 cm³/mol. The van der Waals surface area contributed by atoms with Crippen LogP contribution in [0.1, 0.15) is 75.1 Å². The molecule has 1 unspecified atom stereocenters. The van der Waals surface area contributed by atoms with Gasteiger partial charge in [-0.05, 0) is 36.5 Å². The van der Waals surface area contributed by atoms with Crippen LogP contribution in [-0.4, -0.2) is 28.5 Å². The van der Waals surface area contributed by atoms with E-state index in [1.165, 1.54) is 18.4 Å². The Morgan fingerprint density at radius 3 is 2.66 bits per heavy atom. The average molecular weight is 396 g/mol. The van der Waals surface area contributed by atoms with E-state index in [0.29, 0.717) is 30.1 Å². The lowest BCUT2D eigenvalue weighted by atomic mass is 10.0. The molecular formula is C22H28N4O3. The molecule has 7 heteroatoms. The first kappa shape index (κ1) is 19.6. The highest BCUT2D eigenvalue weighted by atomic mass is 16.5. The molecule has 2 heterocycles. The van der Waals surface area contributed by atoms with Gasteiger partial charge in [-0.15, -0.1) is 0 Å². The summed E-state index contributed by atoms with van der Waals surface area (Å²) in [5.41, 5.74) is 2.07. The Morgan fingerprint density at radius 1 is 1.24 bits per heavy atom. The Balaban J connectivity index is 1.32. The van der Waals surface area contributed by atoms with Crippen LogP contribution in [0, 0.1) is 5.92 Å². The third-order valence-electron chi connectivity index (χ3n) is 5.98. The Morgan fingerprint density at radius 2 is 1.97 bits per heavy atom. The lowest BCUT2D eigenvalue weighted by Gasteiger charge is -2.17. The molecule has 0 spiro atoms. The zero-order valence-electron chi connectivity index (χ0n) is 17.1. The van der Waals surface area contributed by atoms with E-state index in [-0.39, 0.29) is 30.7 Å². The SMILES string of the molecule is CC(C)c1ccc(N2CC(C(=O)NCc3noc(C4CCCC4)n3)CC2=O)cc1. The van der Waals surface area contributed by atoms with E-state index in [9.17, 15) is 9.59 Å². The van der Waals surface area contributed by atoms with Gasteiger partial charge in [0.15, 0.2) is 5.82 Å². The minimum absolute atomic E-state index is 0.0227. The van der Waals surface area contributed by atoms with Crippen molar-refractivity contribution in [3.05, 3.63) is 41.5 Å². The first-order valence-electron chi connectivity index (χ1n) is 10.5. The maximum atomic E-state index is 12.6. The van der Waals surface area contributed by atoms with E-state index >= 15 is 0 Å². The Kier molecular flexibility index (Phi) is 5.65. The summed E-state index contributed by atoms with van der Waals surface area (Å²) < 4.78 is 5.35. The van der Waals surface area contributed by atoms with Gasteiger partial charge in [0, 0.05) is 24.6 Å². The van der Waals surface area contributed by atoms with E-state index in [2.05, 4.69) is 29.3 Å². The third kappa shape index (κ3) is 4.33. The molecule has 1 saturated carbocycles. The third-order valence-corrected chi connectivity index (χ3v) is 5.98. The summed E-state index contributed by atoms with van der Waals surface area (Å²) in [7, 11) is 0. The number of anilines is 1. The summed E-state index contributed by atoms with van der Waals surface area (Å²) in [4.78, 5) is 31.1. The van der Waals surface area contributed by atoms with Crippen LogP contribution in [0.3, 0.4) is 0 Å². The van der Waals surface area contributed by atoms with E-state index in [4.69, 9.17) is 4.52 Å². The van der Waals surface area contributed by atoms with E-state index in [0.717, 1.165) is 18.5 Å². The monoisotopic (exact) mass is 396 g/mol. The van der Waals surface area contributed by atoms with Gasteiger partial charge in [-0.1, -0.05) is 44.0 Å². The van der Waals surface area contributed by atoms with Crippen LogP contribution in [0.15, 0.2) is 28.8 Å². The molecule has 1 aromatic carbocycles. The van der Waals surface area contributed by atoms with Crippen molar-refractivity contribution in [3.8, 4) is 0 Å². The number of aromatic nitrogens is 2. The van der Waals surface area contributed by atoms with Crippen LogP contribution in [0.5, 0.6) is 0 Å². The highest BCUT2D eigenvalue weighted by Gasteiger charge is 2.35. The van der Waals surface area contributed by atoms with Gasteiger partial charge < -0.3 is 14.7 Å². The summed E-state index contributed by atoms with van der Waals surface area (Å²) in [6, 6.07) is 7.99. The summed E-state index contributed by atoms with van der Waals surface area (Å²) >= 11 is 0. The molecule has 2 fully saturated rings. The molecule has 2 aliphatic rings. The molecule has 1 aromatic heterocycles. The molecule has 1 N–H and O–H groups in total. The smallest absolute Gasteiger partial charge is 0.229 e. The second-order valence-corrected chi connectivity index (χ2v) is 8.40. The van der Waals surface area contributed by atoms with E-state index in [1.807, 2.05) is 24.3 Å². The maximum absolute atomic E-state index is 12.6. The van der Waals surface area contributed by atoms with E-state index < -0.39 is 0 Å². The molecule has 0 bridgehead atoms. The van der Waals surface area contributed by atoms with Gasteiger partial charge in [0.25, 0.3) is 0 Å². The van der Waals surface area contributed by atoms with Gasteiger partial charge in [0.05, 0.1) is 12.5 Å². The van der Waals surface area contributed by atoms with Crippen LogP contribution >= 0.6 is 0 Å². The molecule has 1 aliphatic heterocycles. The number of carbonyl (C=O) groups is 2. The molecule has 2 amide bonds. The zero-order valence-corrected chi connectivity index (χ0v) is 17.1. The quantitative estimate of drug-likeness (QED) is 0.807. The summed E-state index contributed by atoms with van der Waals surface area (Å²) in [5.74, 6) is 1.43. The number of hydrogen-bond donors (Lipinski definition) is 1. The number of nitrogens with zero attached hydrogens (tertiary/aromatic N) is 3. The molecule has 1 atom stereocenters. The second kappa shape index (κ2) is 8.35. The zero-order chi connectivity index (χ0) is 20.4. The predicted octanol–water partition coefficient (Wildman–Crippen LogP) is 3.52. The summed E-state index contributed by atoms with van der Waals surface area (Å²) in [6.45, 7) is 4.89. The van der Waals surface area contributed by atoms with Gasteiger partial charge in [0.2, 0.25) is 17.7 Å². The van der Waals surface area contributed by atoms with Crippen LogP contribution in [0.25, 0.3) is 0 Å². The normalized spacial score (nSPS) is 20.0. The van der Waals surface area contributed by atoms with Crippen molar-refractivity contribution in [2.24, 2.45) is 5.92 Å². The Labute approximate surface area is 170 Å². The number of benzene rings is 1. The maximum Gasteiger partial charge on any atom is 0.229 e. The number of hydrogen-bond acceptors (Lipinski definition) is 5. The standard InChI is InChI=1S/C22H28N4O3/c1-14(2)15-7-9-18(10-8-15)26-13-17(11-20(26)27)21(28)23-12-19-24-22(29-25-19)16-5-3-4-6-16/h7-10,14,16-17H,3-6,11-13H2,1-2H3,(H,23,28). The highest BCUT2D eigenvalue weighted by molar-refractivity contribution is 6.00. The van der Waals surface area contributed by atoms with Gasteiger partial charge in [0.1, 0.15) is 0 Å². The van der Waals surface area contributed by atoms with Crippen molar-refractivity contribution in [1.29, 1.82) is 0 Å². The molecule has 0 radical (unpaired) electrons. The molecule has 1 saturated heterocycles. The summed E-state index contributed by atoms with van der Waals surface area (Å²) in [5, 5.41) is 6.84. The number of nitrogens with one attached hydrogen (secondary N) is 1. The van der Waals surface area contributed by atoms with Gasteiger partial charge in [-0.2, -0.15) is 4.98 Å². The van der Waals surface area contributed by atoms with Gasteiger partial charge in [-0.3, -0.25) is 9.59 Å². The lowest BCUT2D eigenvalue weighted by Crippen LogP contribution is -2.32. The minimum atomic E-state index is -0.367. The van der Waals surface area contributed by atoms with Crippen molar-refractivity contribution in [1.82, 2.24) is 15.5 Å². The number of amides is 2. The largest absolute Gasteiger partial charge is 0.348 e.